The van der Waals surface area contributed by atoms with Crippen LogP contribution in [0.1, 0.15) is 155 Å². The summed E-state index contributed by atoms with van der Waals surface area (Å²) in [6, 6.07) is 0. The number of hydrogen-bond acceptors (Lipinski definition) is 5. The molecule has 0 saturated heterocycles. The second kappa shape index (κ2) is 35.1. The lowest BCUT2D eigenvalue weighted by Crippen LogP contribution is -2.28. The van der Waals surface area contributed by atoms with Crippen LogP contribution in [0.25, 0.3) is 0 Å². The molecule has 0 fully saturated rings. The van der Waals surface area contributed by atoms with Crippen LogP contribution in [0, 0.1) is 0 Å². The van der Waals surface area contributed by atoms with Crippen LogP contribution in [-0.2, 0) is 19.1 Å². The van der Waals surface area contributed by atoms with Crippen LogP contribution in [0.15, 0.2) is 60.8 Å². The first-order valence-corrected chi connectivity index (χ1v) is 17.8. The van der Waals surface area contributed by atoms with Gasteiger partial charge in [0, 0.05) is 12.8 Å². The lowest BCUT2D eigenvalue weighted by Gasteiger charge is -2.15. The Balaban J connectivity index is 3.65. The van der Waals surface area contributed by atoms with Gasteiger partial charge in [0.05, 0.1) is 6.61 Å². The van der Waals surface area contributed by atoms with Gasteiger partial charge in [-0.05, 0) is 77.0 Å². The van der Waals surface area contributed by atoms with Crippen molar-refractivity contribution in [3.05, 3.63) is 60.8 Å². The summed E-state index contributed by atoms with van der Waals surface area (Å²) in [5.41, 5.74) is 0. The van der Waals surface area contributed by atoms with E-state index in [-0.39, 0.29) is 25.2 Å². The Morgan fingerprint density at radius 1 is 0.545 bits per heavy atom. The lowest BCUT2D eigenvalue weighted by atomic mass is 10.1. The summed E-state index contributed by atoms with van der Waals surface area (Å²) in [6.45, 7) is 3.95. The summed E-state index contributed by atoms with van der Waals surface area (Å²) in [5.74, 6) is -0.633. The highest BCUT2D eigenvalue weighted by Gasteiger charge is 2.16. The Morgan fingerprint density at radius 2 is 0.977 bits per heavy atom. The number of ether oxygens (including phenoxy) is 2. The maximum absolute atomic E-state index is 12.1. The molecule has 0 aliphatic heterocycles. The van der Waals surface area contributed by atoms with E-state index in [0.717, 1.165) is 89.9 Å². The second-order valence-electron chi connectivity index (χ2n) is 11.6. The number of hydrogen-bond donors (Lipinski definition) is 1. The van der Waals surface area contributed by atoms with Crippen molar-refractivity contribution in [1.29, 1.82) is 0 Å². The van der Waals surface area contributed by atoms with Gasteiger partial charge in [-0.3, -0.25) is 9.59 Å². The average Bonchev–Trinajstić information content (AvgIpc) is 3.02. The molecule has 1 unspecified atom stereocenters. The normalized spacial score (nSPS) is 12.9. The zero-order valence-electron chi connectivity index (χ0n) is 28.4. The largest absolute Gasteiger partial charge is 0.462 e. The molecule has 0 rings (SSSR count). The van der Waals surface area contributed by atoms with Gasteiger partial charge < -0.3 is 14.6 Å². The molecule has 0 bridgehead atoms. The first-order chi connectivity index (χ1) is 21.6. The van der Waals surface area contributed by atoms with Gasteiger partial charge >= 0.3 is 11.9 Å². The number of allylic oxidation sites excluding steroid dienone is 10. The zero-order valence-corrected chi connectivity index (χ0v) is 28.4. The Bertz CT molecular complexity index is 792. The minimum atomic E-state index is -0.786. The van der Waals surface area contributed by atoms with Crippen LogP contribution >= 0.6 is 0 Å². The summed E-state index contributed by atoms with van der Waals surface area (Å²) in [5, 5.41) is 9.52. The number of carbonyl (C=O) groups is 2. The topological polar surface area (TPSA) is 72.8 Å². The van der Waals surface area contributed by atoms with E-state index in [1.807, 2.05) is 0 Å². The summed E-state index contributed by atoms with van der Waals surface area (Å²) < 4.78 is 10.6. The van der Waals surface area contributed by atoms with Crippen LogP contribution in [-0.4, -0.2) is 36.4 Å². The molecule has 0 amide bonds. The van der Waals surface area contributed by atoms with E-state index in [4.69, 9.17) is 9.47 Å². The quantitative estimate of drug-likeness (QED) is 0.0478. The van der Waals surface area contributed by atoms with Crippen molar-refractivity contribution in [2.24, 2.45) is 0 Å². The van der Waals surface area contributed by atoms with E-state index in [1.54, 1.807) is 0 Å². The summed E-state index contributed by atoms with van der Waals surface area (Å²) in [4.78, 5) is 24.2. The molecule has 0 spiro atoms. The van der Waals surface area contributed by atoms with Gasteiger partial charge in [-0.25, -0.2) is 0 Å². The molecule has 252 valence electrons. The minimum absolute atomic E-state index is 0.0831. The molecule has 1 N–H and O–H groups in total. The summed E-state index contributed by atoms with van der Waals surface area (Å²) in [6.07, 6.45) is 44.1. The van der Waals surface area contributed by atoms with Gasteiger partial charge in [-0.1, -0.05) is 126 Å². The number of esters is 2. The Morgan fingerprint density at radius 3 is 1.48 bits per heavy atom. The maximum Gasteiger partial charge on any atom is 0.306 e. The molecular formula is C39H66O5. The van der Waals surface area contributed by atoms with Crippen molar-refractivity contribution in [3.8, 4) is 0 Å². The SMILES string of the molecule is CCC=CCC=CCC=CCCCCCCCC(=O)OCC(CO)OC(=O)CCCCCCCC=CCC=CCCCCC. The molecule has 44 heavy (non-hydrogen) atoms. The third-order valence-electron chi connectivity index (χ3n) is 7.30. The highest BCUT2D eigenvalue weighted by atomic mass is 16.6. The molecular weight excluding hydrogens is 548 g/mol. The Labute approximate surface area is 271 Å². The van der Waals surface area contributed by atoms with E-state index in [2.05, 4.69) is 74.6 Å². The molecule has 5 heteroatoms. The number of unbranched alkanes of at least 4 members (excludes halogenated alkanes) is 13. The zero-order chi connectivity index (χ0) is 32.2. The van der Waals surface area contributed by atoms with Gasteiger partial charge in [0.15, 0.2) is 6.10 Å². The van der Waals surface area contributed by atoms with E-state index in [9.17, 15) is 14.7 Å². The fraction of sp³-hybridized carbons (Fsp3) is 0.692. The van der Waals surface area contributed by atoms with Crippen LogP contribution in [0.3, 0.4) is 0 Å². The minimum Gasteiger partial charge on any atom is -0.462 e. The molecule has 0 radical (unpaired) electrons. The van der Waals surface area contributed by atoms with Crippen molar-refractivity contribution in [2.75, 3.05) is 13.2 Å². The molecule has 0 aliphatic carbocycles. The van der Waals surface area contributed by atoms with Gasteiger partial charge in [0.2, 0.25) is 0 Å². The van der Waals surface area contributed by atoms with E-state index in [0.29, 0.717) is 12.8 Å². The van der Waals surface area contributed by atoms with Crippen LogP contribution < -0.4 is 0 Å². The number of rotatable bonds is 31. The van der Waals surface area contributed by atoms with E-state index in [1.165, 1.54) is 38.5 Å². The molecule has 0 heterocycles. The molecule has 0 aromatic heterocycles. The van der Waals surface area contributed by atoms with Crippen molar-refractivity contribution in [3.63, 3.8) is 0 Å². The summed E-state index contributed by atoms with van der Waals surface area (Å²) in [7, 11) is 0. The predicted octanol–water partition coefficient (Wildman–Crippen LogP) is 10.8. The fourth-order valence-corrected chi connectivity index (χ4v) is 4.60. The van der Waals surface area contributed by atoms with Crippen molar-refractivity contribution < 1.29 is 24.2 Å². The molecule has 1 atom stereocenters. The monoisotopic (exact) mass is 614 g/mol. The molecule has 0 aromatic carbocycles. The molecule has 0 saturated carbocycles. The predicted molar refractivity (Wildman–Crippen MR) is 187 cm³/mol. The highest BCUT2D eigenvalue weighted by Crippen LogP contribution is 2.11. The van der Waals surface area contributed by atoms with Crippen molar-refractivity contribution in [1.82, 2.24) is 0 Å². The second-order valence-corrected chi connectivity index (χ2v) is 11.6. The smallest absolute Gasteiger partial charge is 0.306 e. The van der Waals surface area contributed by atoms with E-state index >= 15 is 0 Å². The highest BCUT2D eigenvalue weighted by molar-refractivity contribution is 5.70. The first-order valence-electron chi connectivity index (χ1n) is 17.8. The fourth-order valence-electron chi connectivity index (χ4n) is 4.60. The number of carbonyl (C=O) groups excluding carboxylic acids is 2. The van der Waals surface area contributed by atoms with Crippen LogP contribution in [0.4, 0.5) is 0 Å². The maximum atomic E-state index is 12.1. The van der Waals surface area contributed by atoms with Crippen LogP contribution in [0.5, 0.6) is 0 Å². The third kappa shape index (κ3) is 32.5. The molecule has 5 nitrogen and oxygen atoms in total. The van der Waals surface area contributed by atoms with E-state index < -0.39 is 6.10 Å². The van der Waals surface area contributed by atoms with Gasteiger partial charge in [-0.15, -0.1) is 0 Å². The summed E-state index contributed by atoms with van der Waals surface area (Å²) >= 11 is 0. The number of aliphatic hydroxyl groups is 1. The van der Waals surface area contributed by atoms with Gasteiger partial charge in [0.25, 0.3) is 0 Å². The number of aliphatic hydroxyl groups excluding tert-OH is 1. The molecule has 0 aromatic rings. The molecule has 0 aliphatic rings. The first kappa shape index (κ1) is 41.6. The standard InChI is InChI=1S/C39H66O5/c1-3-5-7-9-11-13-15-17-19-21-23-25-27-29-31-33-38(41)43-36-37(35-40)44-39(42)34-32-30-28-26-24-22-20-18-16-14-12-10-8-6-4-2/h5,7,11-14,17-20,37,40H,3-4,6,8-10,15-16,21-36H2,1-2H3. The lowest BCUT2D eigenvalue weighted by molar-refractivity contribution is -0.161. The average molecular weight is 615 g/mol. The Hall–Kier alpha value is -2.40. The van der Waals surface area contributed by atoms with Crippen LogP contribution in [0.2, 0.25) is 0 Å². The Kier molecular flexibility index (Phi) is 33.2. The third-order valence-corrected chi connectivity index (χ3v) is 7.30. The van der Waals surface area contributed by atoms with Gasteiger partial charge in [-0.2, -0.15) is 0 Å². The van der Waals surface area contributed by atoms with Crippen molar-refractivity contribution >= 4 is 11.9 Å². The van der Waals surface area contributed by atoms with Gasteiger partial charge in [0.1, 0.15) is 6.61 Å². The van der Waals surface area contributed by atoms with Crippen molar-refractivity contribution in [2.45, 2.75) is 161 Å².